The van der Waals surface area contributed by atoms with E-state index < -0.39 is 5.97 Å². The van der Waals surface area contributed by atoms with Crippen molar-refractivity contribution >= 4 is 29.2 Å². The molecule has 18 heavy (non-hydrogen) atoms. The smallest absolute Gasteiger partial charge is 0.304 e. The summed E-state index contributed by atoms with van der Waals surface area (Å²) in [6.45, 7) is 2.19. The minimum absolute atomic E-state index is 0.00669. The van der Waals surface area contributed by atoms with Crippen molar-refractivity contribution in [3.63, 3.8) is 0 Å². The molecule has 0 radical (unpaired) electrons. The molecule has 0 heterocycles. The molecule has 0 aliphatic rings. The molecule has 1 aromatic carbocycles. The Bertz CT molecular complexity index is 449. The van der Waals surface area contributed by atoms with Gasteiger partial charge in [0.05, 0.1) is 13.0 Å². The Hall–Kier alpha value is -1.59. The number of anilines is 1. The Kier molecular flexibility index (Phi) is 5.61. The Morgan fingerprint density at radius 1 is 1.39 bits per heavy atom. The molecule has 3 N–H and O–H groups in total. The number of carbonyl (C=O) groups excluding carboxylic acids is 1. The number of hydrogen-bond donors (Lipinski definition) is 3. The van der Waals surface area contributed by atoms with Crippen molar-refractivity contribution in [2.24, 2.45) is 0 Å². The molecular formula is C12H15ClN2O3. The van der Waals surface area contributed by atoms with Gasteiger partial charge in [-0.1, -0.05) is 11.6 Å². The number of carbonyl (C=O) groups is 2. The second-order valence-electron chi connectivity index (χ2n) is 3.83. The van der Waals surface area contributed by atoms with Crippen LogP contribution < -0.4 is 10.6 Å². The molecule has 0 aliphatic heterocycles. The molecule has 1 amide bonds. The number of carboxylic acids is 1. The van der Waals surface area contributed by atoms with Gasteiger partial charge in [-0.25, -0.2) is 0 Å². The fraction of sp³-hybridized carbons (Fsp3) is 0.333. The zero-order chi connectivity index (χ0) is 13.5. The van der Waals surface area contributed by atoms with Crippen molar-refractivity contribution in [3.05, 3.63) is 28.8 Å². The van der Waals surface area contributed by atoms with E-state index in [1.807, 2.05) is 6.92 Å². The lowest BCUT2D eigenvalue weighted by atomic mass is 10.2. The number of aliphatic carboxylic acids is 1. The minimum atomic E-state index is -0.892. The van der Waals surface area contributed by atoms with E-state index >= 15 is 0 Å². The van der Waals surface area contributed by atoms with Crippen molar-refractivity contribution < 1.29 is 14.7 Å². The zero-order valence-electron chi connectivity index (χ0n) is 10.00. The molecule has 0 saturated carbocycles. The number of halogens is 1. The maximum Gasteiger partial charge on any atom is 0.304 e. The summed E-state index contributed by atoms with van der Waals surface area (Å²) in [4.78, 5) is 21.8. The molecule has 1 rings (SSSR count). The van der Waals surface area contributed by atoms with E-state index in [0.717, 1.165) is 5.56 Å². The summed E-state index contributed by atoms with van der Waals surface area (Å²) >= 11 is 5.80. The number of rotatable bonds is 6. The maximum absolute atomic E-state index is 11.5. The molecule has 0 unspecified atom stereocenters. The fourth-order valence-electron chi connectivity index (χ4n) is 1.36. The standard InChI is InChI=1S/C12H15ClN2O3/c1-8-6-9(13)2-3-10(8)15-11(16)7-14-5-4-12(17)18/h2-3,6,14H,4-5,7H2,1H3,(H,15,16)(H,17,18). The SMILES string of the molecule is Cc1cc(Cl)ccc1NC(=O)CNCCC(=O)O. The molecule has 0 aliphatic carbocycles. The van der Waals surface area contributed by atoms with Gasteiger partial charge < -0.3 is 15.7 Å². The predicted molar refractivity (Wildman–Crippen MR) is 69.9 cm³/mol. The highest BCUT2D eigenvalue weighted by Gasteiger charge is 2.05. The fourth-order valence-corrected chi connectivity index (χ4v) is 1.59. The lowest BCUT2D eigenvalue weighted by Crippen LogP contribution is -2.29. The third-order valence-corrected chi connectivity index (χ3v) is 2.50. The van der Waals surface area contributed by atoms with Crippen LogP contribution in [0.1, 0.15) is 12.0 Å². The molecule has 1 aromatic rings. The first kappa shape index (κ1) is 14.5. The monoisotopic (exact) mass is 270 g/mol. The van der Waals surface area contributed by atoms with E-state index in [-0.39, 0.29) is 25.4 Å². The molecule has 0 saturated heterocycles. The van der Waals surface area contributed by atoms with Gasteiger partial charge in [-0.2, -0.15) is 0 Å². The highest BCUT2D eigenvalue weighted by atomic mass is 35.5. The van der Waals surface area contributed by atoms with Crippen LogP contribution in [0, 0.1) is 6.92 Å². The van der Waals surface area contributed by atoms with E-state index in [4.69, 9.17) is 16.7 Å². The summed E-state index contributed by atoms with van der Waals surface area (Å²) in [5, 5.41) is 14.5. The van der Waals surface area contributed by atoms with Crippen molar-refractivity contribution in [2.75, 3.05) is 18.4 Å². The molecule has 0 bridgehead atoms. The summed E-state index contributed by atoms with van der Waals surface area (Å²) < 4.78 is 0. The Morgan fingerprint density at radius 3 is 2.72 bits per heavy atom. The van der Waals surface area contributed by atoms with Crippen LogP contribution in [0.5, 0.6) is 0 Å². The Morgan fingerprint density at radius 2 is 2.11 bits per heavy atom. The summed E-state index contributed by atoms with van der Waals surface area (Å²) in [5.74, 6) is -1.11. The van der Waals surface area contributed by atoms with Gasteiger partial charge in [-0.05, 0) is 30.7 Å². The molecule has 6 heteroatoms. The van der Waals surface area contributed by atoms with Gasteiger partial charge in [0, 0.05) is 17.3 Å². The normalized spacial score (nSPS) is 10.1. The second kappa shape index (κ2) is 6.98. The number of benzene rings is 1. The highest BCUT2D eigenvalue weighted by Crippen LogP contribution is 2.19. The summed E-state index contributed by atoms with van der Waals surface area (Å²) in [6, 6.07) is 5.18. The largest absolute Gasteiger partial charge is 0.481 e. The molecule has 98 valence electrons. The van der Waals surface area contributed by atoms with Gasteiger partial charge in [-0.3, -0.25) is 9.59 Å². The first-order valence-corrected chi connectivity index (χ1v) is 5.85. The van der Waals surface area contributed by atoms with E-state index in [1.165, 1.54) is 0 Å². The third kappa shape index (κ3) is 5.16. The Labute approximate surface area is 110 Å². The third-order valence-electron chi connectivity index (χ3n) is 2.26. The Balaban J connectivity index is 2.38. The van der Waals surface area contributed by atoms with Crippen LogP contribution in [0.4, 0.5) is 5.69 Å². The predicted octanol–water partition coefficient (Wildman–Crippen LogP) is 1.65. The first-order valence-electron chi connectivity index (χ1n) is 5.47. The van der Waals surface area contributed by atoms with Crippen LogP contribution in [0.15, 0.2) is 18.2 Å². The second-order valence-corrected chi connectivity index (χ2v) is 4.26. The molecule has 0 spiro atoms. The number of nitrogens with one attached hydrogen (secondary N) is 2. The number of amides is 1. The average Bonchev–Trinajstić information content (AvgIpc) is 2.28. The van der Waals surface area contributed by atoms with Crippen LogP contribution >= 0.6 is 11.6 Å². The molecule has 5 nitrogen and oxygen atoms in total. The summed E-state index contributed by atoms with van der Waals surface area (Å²) in [6.07, 6.45) is -0.00669. The number of aryl methyl sites for hydroxylation is 1. The van der Waals surface area contributed by atoms with Gasteiger partial charge in [0.15, 0.2) is 0 Å². The molecule has 0 atom stereocenters. The van der Waals surface area contributed by atoms with Crippen molar-refractivity contribution in [1.82, 2.24) is 5.32 Å². The van der Waals surface area contributed by atoms with Crippen molar-refractivity contribution in [2.45, 2.75) is 13.3 Å². The molecule has 0 fully saturated rings. The zero-order valence-corrected chi connectivity index (χ0v) is 10.8. The van der Waals surface area contributed by atoms with Gasteiger partial charge in [0.1, 0.15) is 0 Å². The summed E-state index contributed by atoms with van der Waals surface area (Å²) in [5.41, 5.74) is 1.57. The highest BCUT2D eigenvalue weighted by molar-refractivity contribution is 6.30. The average molecular weight is 271 g/mol. The lowest BCUT2D eigenvalue weighted by Gasteiger charge is -2.09. The van der Waals surface area contributed by atoms with Crippen LogP contribution in [0.2, 0.25) is 5.02 Å². The topological polar surface area (TPSA) is 78.4 Å². The minimum Gasteiger partial charge on any atom is -0.481 e. The van der Waals surface area contributed by atoms with Gasteiger partial charge >= 0.3 is 5.97 Å². The van der Waals surface area contributed by atoms with E-state index in [1.54, 1.807) is 18.2 Å². The van der Waals surface area contributed by atoms with Crippen molar-refractivity contribution in [1.29, 1.82) is 0 Å². The van der Waals surface area contributed by atoms with Crippen LogP contribution in [0.3, 0.4) is 0 Å². The van der Waals surface area contributed by atoms with E-state index in [2.05, 4.69) is 10.6 Å². The summed E-state index contributed by atoms with van der Waals surface area (Å²) in [7, 11) is 0. The van der Waals surface area contributed by atoms with Gasteiger partial charge in [-0.15, -0.1) is 0 Å². The van der Waals surface area contributed by atoms with E-state index in [0.29, 0.717) is 10.7 Å². The van der Waals surface area contributed by atoms with E-state index in [9.17, 15) is 9.59 Å². The van der Waals surface area contributed by atoms with Crippen molar-refractivity contribution in [3.8, 4) is 0 Å². The quantitative estimate of drug-likeness (QED) is 0.687. The number of carboxylic acid groups (broad SMARTS) is 1. The van der Waals surface area contributed by atoms with Gasteiger partial charge in [0.2, 0.25) is 5.91 Å². The molecule has 0 aromatic heterocycles. The van der Waals surface area contributed by atoms with Crippen LogP contribution in [-0.4, -0.2) is 30.1 Å². The first-order chi connectivity index (χ1) is 8.49. The van der Waals surface area contributed by atoms with Crippen LogP contribution in [-0.2, 0) is 9.59 Å². The van der Waals surface area contributed by atoms with Gasteiger partial charge in [0.25, 0.3) is 0 Å². The number of hydrogen-bond acceptors (Lipinski definition) is 3. The molecular weight excluding hydrogens is 256 g/mol. The maximum atomic E-state index is 11.5. The lowest BCUT2D eigenvalue weighted by molar-refractivity contribution is -0.137. The van der Waals surface area contributed by atoms with Crippen LogP contribution in [0.25, 0.3) is 0 Å².